The van der Waals surface area contributed by atoms with E-state index in [9.17, 15) is 9.18 Å². The number of carbonyl (C=O) groups excluding carboxylic acids is 1. The molecule has 0 spiro atoms. The minimum Gasteiger partial charge on any atom is -0.494 e. The maximum Gasteiger partial charge on any atom is 0.176 e. The second-order valence-electron chi connectivity index (χ2n) is 5.92. The standard InChI is InChI=1S/C16H20FNO2/c1-20-16-6-5-11(7-14(16)17)15(19)10-18-8-12-3-2-4-13(12)9-18/h5-7,12-13H,2-4,8-10H2,1H3. The molecule has 0 bridgehead atoms. The zero-order valence-electron chi connectivity index (χ0n) is 11.8. The number of hydrogen-bond donors (Lipinski definition) is 0. The molecule has 1 saturated carbocycles. The van der Waals surface area contributed by atoms with E-state index in [2.05, 4.69) is 4.90 Å². The zero-order chi connectivity index (χ0) is 14.1. The molecule has 1 saturated heterocycles. The second kappa shape index (κ2) is 5.52. The van der Waals surface area contributed by atoms with E-state index >= 15 is 0 Å². The van der Waals surface area contributed by atoms with Crippen LogP contribution in [0.2, 0.25) is 0 Å². The third-order valence-electron chi connectivity index (χ3n) is 4.64. The lowest BCUT2D eigenvalue weighted by atomic mass is 10.0. The number of methoxy groups -OCH3 is 1. The number of Topliss-reactive ketones (excluding diaryl/α,β-unsaturated/α-hetero) is 1. The number of ether oxygens (including phenoxy) is 1. The topological polar surface area (TPSA) is 29.5 Å². The summed E-state index contributed by atoms with van der Waals surface area (Å²) < 4.78 is 18.5. The van der Waals surface area contributed by atoms with Crippen LogP contribution in [-0.2, 0) is 0 Å². The van der Waals surface area contributed by atoms with Gasteiger partial charge in [0.05, 0.1) is 13.7 Å². The van der Waals surface area contributed by atoms with E-state index in [4.69, 9.17) is 4.74 Å². The summed E-state index contributed by atoms with van der Waals surface area (Å²) in [6, 6.07) is 4.43. The average Bonchev–Trinajstić information content (AvgIpc) is 2.99. The smallest absolute Gasteiger partial charge is 0.176 e. The molecule has 0 aromatic heterocycles. The third-order valence-corrected chi connectivity index (χ3v) is 4.64. The van der Waals surface area contributed by atoms with Crippen LogP contribution in [-0.4, -0.2) is 37.4 Å². The largest absolute Gasteiger partial charge is 0.494 e. The molecule has 1 aliphatic heterocycles. The number of fused-ring (bicyclic) bond motifs is 1. The van der Waals surface area contributed by atoms with Crippen molar-refractivity contribution in [3.8, 4) is 5.75 Å². The Morgan fingerprint density at radius 3 is 2.65 bits per heavy atom. The molecule has 108 valence electrons. The van der Waals surface area contributed by atoms with Crippen LogP contribution in [0.25, 0.3) is 0 Å². The van der Waals surface area contributed by atoms with Crippen molar-refractivity contribution in [2.24, 2.45) is 11.8 Å². The number of halogens is 1. The maximum absolute atomic E-state index is 13.6. The average molecular weight is 277 g/mol. The number of rotatable bonds is 4. The van der Waals surface area contributed by atoms with Crippen LogP contribution in [0.1, 0.15) is 29.6 Å². The van der Waals surface area contributed by atoms with Crippen LogP contribution in [0, 0.1) is 17.7 Å². The SMILES string of the molecule is COc1ccc(C(=O)CN2CC3CCCC3C2)cc1F. The van der Waals surface area contributed by atoms with Gasteiger partial charge in [-0.2, -0.15) is 0 Å². The highest BCUT2D eigenvalue weighted by Crippen LogP contribution is 2.37. The summed E-state index contributed by atoms with van der Waals surface area (Å²) in [5.74, 6) is 1.24. The van der Waals surface area contributed by atoms with E-state index in [0.29, 0.717) is 12.1 Å². The van der Waals surface area contributed by atoms with E-state index in [1.54, 1.807) is 6.07 Å². The van der Waals surface area contributed by atoms with Crippen LogP contribution in [0.3, 0.4) is 0 Å². The first-order valence-electron chi connectivity index (χ1n) is 7.26. The van der Waals surface area contributed by atoms with Crippen LogP contribution >= 0.6 is 0 Å². The molecule has 3 nitrogen and oxygen atoms in total. The fraction of sp³-hybridized carbons (Fsp3) is 0.562. The fourth-order valence-electron chi connectivity index (χ4n) is 3.60. The van der Waals surface area contributed by atoms with Gasteiger partial charge in [0, 0.05) is 18.7 Å². The summed E-state index contributed by atoms with van der Waals surface area (Å²) in [7, 11) is 1.42. The van der Waals surface area contributed by atoms with E-state index in [-0.39, 0.29) is 11.5 Å². The van der Waals surface area contributed by atoms with Gasteiger partial charge < -0.3 is 4.74 Å². The lowest BCUT2D eigenvalue weighted by molar-refractivity contribution is 0.0940. The predicted octanol–water partition coefficient (Wildman–Crippen LogP) is 2.75. The molecule has 4 heteroatoms. The Bertz CT molecular complexity index is 505. The molecule has 0 amide bonds. The number of nitrogens with zero attached hydrogens (tertiary/aromatic N) is 1. The first-order chi connectivity index (χ1) is 9.67. The van der Waals surface area contributed by atoms with Crippen LogP contribution in [0.15, 0.2) is 18.2 Å². The van der Waals surface area contributed by atoms with Crippen molar-refractivity contribution >= 4 is 5.78 Å². The molecule has 2 atom stereocenters. The number of benzene rings is 1. The van der Waals surface area contributed by atoms with Crippen molar-refractivity contribution in [1.29, 1.82) is 0 Å². The zero-order valence-corrected chi connectivity index (χ0v) is 11.8. The number of carbonyl (C=O) groups is 1. The van der Waals surface area contributed by atoms with Crippen molar-refractivity contribution in [3.63, 3.8) is 0 Å². The second-order valence-corrected chi connectivity index (χ2v) is 5.92. The Labute approximate surface area is 118 Å². The Morgan fingerprint density at radius 2 is 2.05 bits per heavy atom. The first kappa shape index (κ1) is 13.6. The summed E-state index contributed by atoms with van der Waals surface area (Å²) >= 11 is 0. The molecule has 2 aliphatic rings. The van der Waals surface area contributed by atoms with Crippen LogP contribution in [0.5, 0.6) is 5.75 Å². The molecule has 1 aromatic carbocycles. The van der Waals surface area contributed by atoms with Gasteiger partial charge in [0.25, 0.3) is 0 Å². The van der Waals surface area contributed by atoms with Gasteiger partial charge >= 0.3 is 0 Å². The Kier molecular flexibility index (Phi) is 3.74. The van der Waals surface area contributed by atoms with Crippen molar-refractivity contribution in [2.75, 3.05) is 26.7 Å². The predicted molar refractivity (Wildman–Crippen MR) is 74.6 cm³/mol. The number of likely N-dealkylation sites (tertiary alicyclic amines) is 1. The van der Waals surface area contributed by atoms with E-state index in [1.165, 1.54) is 38.5 Å². The summed E-state index contributed by atoms with van der Waals surface area (Å²) in [6.07, 6.45) is 3.93. The van der Waals surface area contributed by atoms with Crippen LogP contribution in [0.4, 0.5) is 4.39 Å². The monoisotopic (exact) mass is 277 g/mol. The van der Waals surface area contributed by atoms with Gasteiger partial charge in [-0.05, 0) is 42.9 Å². The molecule has 2 fully saturated rings. The summed E-state index contributed by atoms with van der Waals surface area (Å²) in [6.45, 7) is 2.45. The van der Waals surface area contributed by atoms with Gasteiger partial charge in [-0.25, -0.2) is 4.39 Å². The third kappa shape index (κ3) is 2.57. The van der Waals surface area contributed by atoms with E-state index in [0.717, 1.165) is 24.9 Å². The molecular weight excluding hydrogens is 257 g/mol. The summed E-state index contributed by atoms with van der Waals surface area (Å²) in [5, 5.41) is 0. The van der Waals surface area contributed by atoms with Crippen molar-refractivity contribution in [2.45, 2.75) is 19.3 Å². The van der Waals surface area contributed by atoms with Gasteiger partial charge in [0.2, 0.25) is 0 Å². The summed E-state index contributed by atoms with van der Waals surface area (Å²) in [5.41, 5.74) is 0.431. The molecule has 3 rings (SSSR count). The molecule has 0 radical (unpaired) electrons. The van der Waals surface area contributed by atoms with Gasteiger partial charge in [0.1, 0.15) is 0 Å². The van der Waals surface area contributed by atoms with Crippen LogP contribution < -0.4 is 4.74 Å². The highest BCUT2D eigenvalue weighted by molar-refractivity contribution is 5.97. The lowest BCUT2D eigenvalue weighted by Gasteiger charge is -2.15. The molecule has 0 N–H and O–H groups in total. The minimum absolute atomic E-state index is 0.00785. The molecule has 20 heavy (non-hydrogen) atoms. The lowest BCUT2D eigenvalue weighted by Crippen LogP contribution is -2.28. The van der Waals surface area contributed by atoms with Gasteiger partial charge in [-0.3, -0.25) is 9.69 Å². The fourth-order valence-corrected chi connectivity index (χ4v) is 3.60. The van der Waals surface area contributed by atoms with Gasteiger partial charge in [0.15, 0.2) is 17.3 Å². The van der Waals surface area contributed by atoms with Crippen molar-refractivity contribution < 1.29 is 13.9 Å². The Hall–Kier alpha value is -1.42. The van der Waals surface area contributed by atoms with Gasteiger partial charge in [-0.1, -0.05) is 6.42 Å². The highest BCUT2D eigenvalue weighted by Gasteiger charge is 2.36. The molecule has 1 aliphatic carbocycles. The highest BCUT2D eigenvalue weighted by atomic mass is 19.1. The first-order valence-corrected chi connectivity index (χ1v) is 7.26. The van der Waals surface area contributed by atoms with Crippen molar-refractivity contribution in [3.05, 3.63) is 29.6 Å². The normalized spacial score (nSPS) is 25.7. The van der Waals surface area contributed by atoms with E-state index in [1.807, 2.05) is 0 Å². The molecule has 2 unspecified atom stereocenters. The summed E-state index contributed by atoms with van der Waals surface area (Å²) in [4.78, 5) is 14.4. The number of hydrogen-bond acceptors (Lipinski definition) is 3. The Morgan fingerprint density at radius 1 is 1.35 bits per heavy atom. The van der Waals surface area contributed by atoms with Gasteiger partial charge in [-0.15, -0.1) is 0 Å². The maximum atomic E-state index is 13.6. The number of ketones is 1. The Balaban J connectivity index is 1.63. The quantitative estimate of drug-likeness (QED) is 0.793. The minimum atomic E-state index is -0.475. The van der Waals surface area contributed by atoms with Crippen molar-refractivity contribution in [1.82, 2.24) is 4.90 Å². The molecule has 1 heterocycles. The molecule has 1 aromatic rings. The van der Waals surface area contributed by atoms with E-state index < -0.39 is 5.82 Å². The molecular formula is C16H20FNO2.